The van der Waals surface area contributed by atoms with Gasteiger partial charge in [0.15, 0.2) is 0 Å². The van der Waals surface area contributed by atoms with Gasteiger partial charge >= 0.3 is 0 Å². The van der Waals surface area contributed by atoms with Crippen LogP contribution in [0.3, 0.4) is 0 Å². The topological polar surface area (TPSA) is 54.5 Å². The van der Waals surface area contributed by atoms with Crippen LogP contribution in [0.2, 0.25) is 5.02 Å². The lowest BCUT2D eigenvalue weighted by molar-refractivity contribution is 0.0745. The van der Waals surface area contributed by atoms with Gasteiger partial charge in [0, 0.05) is 28.7 Å². The van der Waals surface area contributed by atoms with E-state index in [1.54, 1.807) is 7.05 Å². The SMILES string of the molecule is CN(CC(C)(C)C)C(=O)c1cc(S(=O)(=O)Cl)c(Br)cc1Cl. The Morgan fingerprint density at radius 3 is 2.29 bits per heavy atom. The molecule has 0 aliphatic carbocycles. The Hall–Kier alpha value is -0.300. The number of halogens is 3. The van der Waals surface area contributed by atoms with Gasteiger partial charge in [0.1, 0.15) is 0 Å². The van der Waals surface area contributed by atoms with Crippen molar-refractivity contribution in [2.45, 2.75) is 25.7 Å². The van der Waals surface area contributed by atoms with E-state index in [0.717, 1.165) is 0 Å². The lowest BCUT2D eigenvalue weighted by Crippen LogP contribution is -2.34. The number of nitrogens with zero attached hydrogens (tertiary/aromatic N) is 1. The van der Waals surface area contributed by atoms with Gasteiger partial charge in [-0.05, 0) is 33.5 Å². The van der Waals surface area contributed by atoms with Crippen molar-refractivity contribution in [1.29, 1.82) is 0 Å². The number of carbonyl (C=O) groups excluding carboxylic acids is 1. The van der Waals surface area contributed by atoms with Gasteiger partial charge < -0.3 is 4.90 Å². The van der Waals surface area contributed by atoms with Crippen LogP contribution in [0.15, 0.2) is 21.5 Å². The third-order valence-corrected chi connectivity index (χ3v) is 5.17. The predicted molar refractivity (Wildman–Crippen MR) is 88.6 cm³/mol. The molecule has 0 bridgehead atoms. The zero-order chi connectivity index (χ0) is 16.6. The quantitative estimate of drug-likeness (QED) is 0.695. The monoisotopic (exact) mass is 415 g/mol. The van der Waals surface area contributed by atoms with Gasteiger partial charge in [-0.1, -0.05) is 32.4 Å². The van der Waals surface area contributed by atoms with E-state index in [1.807, 2.05) is 20.8 Å². The molecular weight excluding hydrogens is 401 g/mol. The minimum atomic E-state index is -3.97. The molecule has 8 heteroatoms. The minimum Gasteiger partial charge on any atom is -0.341 e. The summed E-state index contributed by atoms with van der Waals surface area (Å²) >= 11 is 9.13. The summed E-state index contributed by atoms with van der Waals surface area (Å²) in [5.41, 5.74) is 0.0130. The molecule has 0 aliphatic rings. The minimum absolute atomic E-state index is 0.0896. The highest BCUT2D eigenvalue weighted by Crippen LogP contribution is 2.31. The van der Waals surface area contributed by atoms with Gasteiger partial charge in [-0.25, -0.2) is 8.42 Å². The van der Waals surface area contributed by atoms with Gasteiger partial charge in [0.05, 0.1) is 15.5 Å². The molecular formula is C13H16BrCl2NO3S. The zero-order valence-electron chi connectivity index (χ0n) is 12.1. The van der Waals surface area contributed by atoms with E-state index in [2.05, 4.69) is 15.9 Å². The molecule has 0 spiro atoms. The molecule has 1 aromatic rings. The van der Waals surface area contributed by atoms with Crippen molar-refractivity contribution in [3.05, 3.63) is 27.2 Å². The molecule has 4 nitrogen and oxygen atoms in total. The first-order chi connectivity index (χ1) is 9.33. The molecule has 0 fully saturated rings. The van der Waals surface area contributed by atoms with Crippen LogP contribution < -0.4 is 0 Å². The first-order valence-corrected chi connectivity index (χ1v) is 9.50. The summed E-state index contributed by atoms with van der Waals surface area (Å²) in [6.07, 6.45) is 0. The fourth-order valence-corrected chi connectivity index (χ4v) is 4.44. The van der Waals surface area contributed by atoms with Crippen molar-refractivity contribution in [1.82, 2.24) is 4.90 Å². The average Bonchev–Trinajstić information content (AvgIpc) is 2.23. The van der Waals surface area contributed by atoms with E-state index in [1.165, 1.54) is 17.0 Å². The van der Waals surface area contributed by atoms with Crippen LogP contribution in [-0.2, 0) is 9.05 Å². The van der Waals surface area contributed by atoms with Crippen LogP contribution in [0.4, 0.5) is 0 Å². The summed E-state index contributed by atoms with van der Waals surface area (Å²) in [6.45, 7) is 6.49. The van der Waals surface area contributed by atoms with E-state index in [0.29, 0.717) is 6.54 Å². The van der Waals surface area contributed by atoms with Crippen molar-refractivity contribution in [3.63, 3.8) is 0 Å². The van der Waals surface area contributed by atoms with Gasteiger partial charge in [-0.15, -0.1) is 0 Å². The molecule has 0 aromatic heterocycles. The number of carbonyl (C=O) groups is 1. The van der Waals surface area contributed by atoms with Crippen molar-refractivity contribution in [2.24, 2.45) is 5.41 Å². The van der Waals surface area contributed by atoms with Crippen molar-refractivity contribution in [2.75, 3.05) is 13.6 Å². The van der Waals surface area contributed by atoms with E-state index in [4.69, 9.17) is 22.3 Å². The summed E-state index contributed by atoms with van der Waals surface area (Å²) in [5, 5.41) is 0.164. The average molecular weight is 417 g/mol. The molecule has 1 rings (SSSR count). The molecule has 0 saturated carbocycles. The molecule has 0 aliphatic heterocycles. The van der Waals surface area contributed by atoms with Crippen molar-refractivity contribution < 1.29 is 13.2 Å². The first-order valence-electron chi connectivity index (χ1n) is 6.02. The Balaban J connectivity index is 3.28. The zero-order valence-corrected chi connectivity index (χ0v) is 16.0. The Morgan fingerprint density at radius 1 is 1.33 bits per heavy atom. The highest BCUT2D eigenvalue weighted by atomic mass is 79.9. The van der Waals surface area contributed by atoms with Crippen molar-refractivity contribution >= 4 is 53.2 Å². The molecule has 0 N–H and O–H groups in total. The maximum absolute atomic E-state index is 12.4. The Bertz CT molecular complexity index is 669. The molecule has 1 aromatic carbocycles. The van der Waals surface area contributed by atoms with Crippen LogP contribution in [0, 0.1) is 5.41 Å². The number of amides is 1. The normalized spacial score (nSPS) is 12.3. The lowest BCUT2D eigenvalue weighted by Gasteiger charge is -2.27. The van der Waals surface area contributed by atoms with E-state index in [9.17, 15) is 13.2 Å². The third-order valence-electron chi connectivity index (χ3n) is 2.57. The smallest absolute Gasteiger partial charge is 0.262 e. The summed E-state index contributed by atoms with van der Waals surface area (Å²) in [4.78, 5) is 13.7. The standard InChI is InChI=1S/C13H16BrCl2NO3S/c1-13(2,3)7-17(4)12(18)8-5-11(21(16,19)20)9(14)6-10(8)15/h5-6H,7H2,1-4H3. The molecule has 0 radical (unpaired) electrons. The maximum Gasteiger partial charge on any atom is 0.262 e. The molecule has 0 saturated heterocycles. The fourth-order valence-electron chi connectivity index (χ4n) is 1.87. The van der Waals surface area contributed by atoms with E-state index >= 15 is 0 Å². The van der Waals surface area contributed by atoms with E-state index < -0.39 is 9.05 Å². The lowest BCUT2D eigenvalue weighted by atomic mass is 9.96. The van der Waals surface area contributed by atoms with Crippen LogP contribution in [0.5, 0.6) is 0 Å². The second-order valence-corrected chi connectivity index (χ2v) is 9.72. The molecule has 1 amide bonds. The molecule has 0 heterocycles. The number of rotatable bonds is 3. The second-order valence-electron chi connectivity index (χ2n) is 5.92. The van der Waals surface area contributed by atoms with E-state index in [-0.39, 0.29) is 31.3 Å². The number of benzene rings is 1. The molecule has 0 atom stereocenters. The van der Waals surface area contributed by atoms with Crippen LogP contribution in [0.25, 0.3) is 0 Å². The Labute approximate surface area is 143 Å². The maximum atomic E-state index is 12.4. The Morgan fingerprint density at radius 2 is 1.86 bits per heavy atom. The third kappa shape index (κ3) is 5.13. The predicted octanol–water partition coefficient (Wildman–Crippen LogP) is 4.15. The molecule has 0 unspecified atom stereocenters. The highest BCUT2D eigenvalue weighted by molar-refractivity contribution is 9.10. The van der Waals surface area contributed by atoms with Gasteiger partial charge in [-0.2, -0.15) is 0 Å². The largest absolute Gasteiger partial charge is 0.341 e. The number of hydrogen-bond acceptors (Lipinski definition) is 3. The van der Waals surface area contributed by atoms with Gasteiger partial charge in [0.2, 0.25) is 0 Å². The summed E-state index contributed by atoms with van der Waals surface area (Å²) in [6, 6.07) is 2.55. The fraction of sp³-hybridized carbons (Fsp3) is 0.462. The first kappa shape index (κ1) is 18.7. The molecule has 118 valence electrons. The van der Waals surface area contributed by atoms with Crippen LogP contribution >= 0.6 is 38.2 Å². The Kier molecular flexibility index (Phi) is 5.75. The number of hydrogen-bond donors (Lipinski definition) is 0. The van der Waals surface area contributed by atoms with Crippen LogP contribution in [0.1, 0.15) is 31.1 Å². The van der Waals surface area contributed by atoms with Crippen molar-refractivity contribution in [3.8, 4) is 0 Å². The van der Waals surface area contributed by atoms with Gasteiger partial charge in [-0.3, -0.25) is 4.79 Å². The summed E-state index contributed by atoms with van der Waals surface area (Å²) in [7, 11) is 3.02. The second kappa shape index (κ2) is 6.44. The molecule has 21 heavy (non-hydrogen) atoms. The summed E-state index contributed by atoms with van der Waals surface area (Å²) < 4.78 is 23.2. The highest BCUT2D eigenvalue weighted by Gasteiger charge is 2.24. The van der Waals surface area contributed by atoms with Crippen LogP contribution in [-0.4, -0.2) is 32.8 Å². The summed E-state index contributed by atoms with van der Waals surface area (Å²) in [5.74, 6) is -0.357. The van der Waals surface area contributed by atoms with Gasteiger partial charge in [0.25, 0.3) is 15.0 Å².